The number of hydrogen-bond donors (Lipinski definition) is 2. The van der Waals surface area contributed by atoms with Gasteiger partial charge >= 0.3 is 0 Å². The number of carbonyl (C=O) groups is 1. The van der Waals surface area contributed by atoms with Crippen molar-refractivity contribution in [1.29, 1.82) is 0 Å². The quantitative estimate of drug-likeness (QED) is 0.831. The van der Waals surface area contributed by atoms with Crippen LogP contribution < -0.4 is 10.8 Å². The zero-order valence-electron chi connectivity index (χ0n) is 11.3. The average Bonchev–Trinajstić information content (AvgIpc) is 2.46. The van der Waals surface area contributed by atoms with Crippen molar-refractivity contribution in [2.75, 3.05) is 5.06 Å². The van der Waals surface area contributed by atoms with Gasteiger partial charge in [0, 0.05) is 5.02 Å². The number of rotatable bonds is 4. The Kier molecular flexibility index (Phi) is 4.73. The van der Waals surface area contributed by atoms with Crippen molar-refractivity contribution in [2.24, 2.45) is 5.73 Å². The van der Waals surface area contributed by atoms with E-state index in [1.165, 1.54) is 0 Å². The highest BCUT2D eigenvalue weighted by molar-refractivity contribution is 6.36. The number of benzene rings is 2. The first-order valence-corrected chi connectivity index (χ1v) is 6.99. The second kappa shape index (κ2) is 6.35. The van der Waals surface area contributed by atoms with Gasteiger partial charge in [0.2, 0.25) is 5.91 Å². The third-order valence-electron chi connectivity index (χ3n) is 3.20. The summed E-state index contributed by atoms with van der Waals surface area (Å²) in [6.07, 6.45) is 0. The Morgan fingerprint density at radius 1 is 1.19 bits per heavy atom. The summed E-state index contributed by atoms with van der Waals surface area (Å²) in [5.41, 5.74) is 6.97. The molecule has 2 rings (SSSR count). The summed E-state index contributed by atoms with van der Waals surface area (Å²) in [5, 5.41) is 12.0. The molecule has 0 spiro atoms. The molecule has 0 heterocycles. The average molecular weight is 325 g/mol. The predicted octanol–water partition coefficient (Wildman–Crippen LogP) is 4.11. The van der Waals surface area contributed by atoms with Crippen LogP contribution in [0.15, 0.2) is 42.5 Å². The molecule has 0 saturated heterocycles. The molecule has 0 fully saturated rings. The summed E-state index contributed by atoms with van der Waals surface area (Å²) < 4.78 is 0. The number of amides is 1. The molecule has 6 heteroatoms. The lowest BCUT2D eigenvalue weighted by Crippen LogP contribution is -2.18. The van der Waals surface area contributed by atoms with E-state index >= 15 is 0 Å². The summed E-state index contributed by atoms with van der Waals surface area (Å²) in [6.45, 7) is 1.73. The summed E-state index contributed by atoms with van der Waals surface area (Å²) in [6, 6.07) is 11.6. The maximum atomic E-state index is 11.1. The van der Waals surface area contributed by atoms with Crippen LogP contribution >= 0.6 is 23.2 Å². The molecule has 3 N–H and O–H groups in total. The SMILES string of the molecule is CC(C(N)=O)c1ccc(N(O)c2ccc(Cl)cc2Cl)cc1. The highest BCUT2D eigenvalue weighted by Crippen LogP contribution is 2.32. The molecule has 1 atom stereocenters. The fraction of sp³-hybridized carbons (Fsp3) is 0.133. The fourth-order valence-corrected chi connectivity index (χ4v) is 2.35. The Hall–Kier alpha value is -1.75. The minimum absolute atomic E-state index is 0.333. The van der Waals surface area contributed by atoms with Crippen LogP contribution in [0.25, 0.3) is 0 Å². The molecule has 2 aromatic carbocycles. The molecule has 1 amide bonds. The normalized spacial score (nSPS) is 12.0. The Morgan fingerprint density at radius 2 is 1.81 bits per heavy atom. The second-order valence-electron chi connectivity index (χ2n) is 4.62. The molecule has 4 nitrogen and oxygen atoms in total. The number of halogens is 2. The number of anilines is 2. The van der Waals surface area contributed by atoms with Crippen molar-refractivity contribution < 1.29 is 10.0 Å². The topological polar surface area (TPSA) is 66.6 Å². The highest BCUT2D eigenvalue weighted by Gasteiger charge is 2.14. The van der Waals surface area contributed by atoms with Gasteiger partial charge in [-0.25, -0.2) is 5.06 Å². The Balaban J connectivity index is 2.27. The van der Waals surface area contributed by atoms with Gasteiger partial charge in [0.15, 0.2) is 0 Å². The third-order valence-corrected chi connectivity index (χ3v) is 3.74. The van der Waals surface area contributed by atoms with E-state index in [1.807, 2.05) is 0 Å². The minimum atomic E-state index is -0.399. The lowest BCUT2D eigenvalue weighted by Gasteiger charge is -2.19. The van der Waals surface area contributed by atoms with Gasteiger partial charge in [-0.3, -0.25) is 10.0 Å². The molecular formula is C15H14Cl2N2O2. The summed E-state index contributed by atoms with van der Waals surface area (Å²) in [7, 11) is 0. The van der Waals surface area contributed by atoms with Gasteiger partial charge in [0.05, 0.1) is 22.3 Å². The number of nitrogens with two attached hydrogens (primary N) is 1. The molecule has 0 aliphatic rings. The van der Waals surface area contributed by atoms with Crippen LogP contribution in [0, 0.1) is 0 Å². The Labute approximate surface area is 132 Å². The van der Waals surface area contributed by atoms with Crippen molar-refractivity contribution in [3.05, 3.63) is 58.1 Å². The van der Waals surface area contributed by atoms with E-state index in [4.69, 9.17) is 28.9 Å². The van der Waals surface area contributed by atoms with Crippen LogP contribution in [0.5, 0.6) is 0 Å². The van der Waals surface area contributed by atoms with Crippen LogP contribution in [-0.4, -0.2) is 11.1 Å². The number of hydrogen-bond acceptors (Lipinski definition) is 3. The van der Waals surface area contributed by atoms with Gasteiger partial charge < -0.3 is 5.73 Å². The molecule has 0 aliphatic heterocycles. The first kappa shape index (κ1) is 15.6. The van der Waals surface area contributed by atoms with E-state index in [0.717, 1.165) is 10.6 Å². The van der Waals surface area contributed by atoms with Gasteiger partial charge in [0.25, 0.3) is 0 Å². The number of carbonyl (C=O) groups excluding carboxylic acids is 1. The van der Waals surface area contributed by atoms with E-state index in [1.54, 1.807) is 49.4 Å². The monoisotopic (exact) mass is 324 g/mol. The van der Waals surface area contributed by atoms with Crippen LogP contribution in [0.1, 0.15) is 18.4 Å². The summed E-state index contributed by atoms with van der Waals surface area (Å²) >= 11 is 11.9. The van der Waals surface area contributed by atoms with Crippen LogP contribution in [0.2, 0.25) is 10.0 Å². The number of primary amides is 1. The first-order chi connectivity index (χ1) is 9.90. The molecule has 0 bridgehead atoms. The molecule has 0 radical (unpaired) electrons. The largest absolute Gasteiger partial charge is 0.369 e. The van der Waals surface area contributed by atoms with Crippen LogP contribution in [0.3, 0.4) is 0 Å². The van der Waals surface area contributed by atoms with Crippen molar-refractivity contribution in [1.82, 2.24) is 0 Å². The lowest BCUT2D eigenvalue weighted by molar-refractivity contribution is -0.119. The molecule has 0 aromatic heterocycles. The predicted molar refractivity (Wildman–Crippen MR) is 84.4 cm³/mol. The maximum Gasteiger partial charge on any atom is 0.224 e. The van der Waals surface area contributed by atoms with Gasteiger partial charge in [-0.2, -0.15) is 0 Å². The molecule has 0 aliphatic carbocycles. The van der Waals surface area contributed by atoms with Crippen molar-refractivity contribution >= 4 is 40.5 Å². The van der Waals surface area contributed by atoms with E-state index in [9.17, 15) is 10.0 Å². The molecule has 21 heavy (non-hydrogen) atoms. The van der Waals surface area contributed by atoms with Crippen LogP contribution in [0.4, 0.5) is 11.4 Å². The molecule has 110 valence electrons. The molecule has 1 unspecified atom stereocenters. The van der Waals surface area contributed by atoms with Crippen molar-refractivity contribution in [3.8, 4) is 0 Å². The van der Waals surface area contributed by atoms with Crippen molar-refractivity contribution in [2.45, 2.75) is 12.8 Å². The van der Waals surface area contributed by atoms with Gasteiger partial charge in [-0.05, 0) is 42.8 Å². The van der Waals surface area contributed by atoms with E-state index < -0.39 is 5.91 Å². The van der Waals surface area contributed by atoms with Crippen LogP contribution in [-0.2, 0) is 4.79 Å². The molecular weight excluding hydrogens is 311 g/mol. The lowest BCUT2D eigenvalue weighted by atomic mass is 10.0. The summed E-state index contributed by atoms with van der Waals surface area (Å²) in [5.74, 6) is -0.783. The zero-order valence-corrected chi connectivity index (χ0v) is 12.8. The van der Waals surface area contributed by atoms with E-state index in [-0.39, 0.29) is 5.92 Å². The van der Waals surface area contributed by atoms with Crippen molar-refractivity contribution in [3.63, 3.8) is 0 Å². The van der Waals surface area contributed by atoms with Gasteiger partial charge in [-0.1, -0.05) is 35.3 Å². The highest BCUT2D eigenvalue weighted by atomic mass is 35.5. The van der Waals surface area contributed by atoms with Gasteiger partial charge in [0.1, 0.15) is 0 Å². The fourth-order valence-electron chi connectivity index (χ4n) is 1.86. The Morgan fingerprint density at radius 3 is 2.33 bits per heavy atom. The number of nitrogens with zero attached hydrogens (tertiary/aromatic N) is 1. The minimum Gasteiger partial charge on any atom is -0.369 e. The summed E-state index contributed by atoms with van der Waals surface area (Å²) in [4.78, 5) is 11.1. The standard InChI is InChI=1S/C15H14Cl2N2O2/c1-9(15(18)20)10-2-5-12(6-3-10)19(21)14-7-4-11(16)8-13(14)17/h2-9,21H,1H3,(H2,18,20). The molecule has 0 saturated carbocycles. The van der Waals surface area contributed by atoms with E-state index in [0.29, 0.717) is 21.4 Å². The first-order valence-electron chi connectivity index (χ1n) is 6.23. The molecule has 2 aromatic rings. The van der Waals surface area contributed by atoms with Gasteiger partial charge in [-0.15, -0.1) is 0 Å². The third kappa shape index (κ3) is 3.47. The Bertz CT molecular complexity index is 659. The van der Waals surface area contributed by atoms with E-state index in [2.05, 4.69) is 0 Å². The second-order valence-corrected chi connectivity index (χ2v) is 5.47. The zero-order chi connectivity index (χ0) is 15.6. The smallest absolute Gasteiger partial charge is 0.224 e. The maximum absolute atomic E-state index is 11.1.